The molecule has 0 saturated carbocycles. The Hall–Kier alpha value is -1.79. The lowest BCUT2D eigenvalue weighted by Crippen LogP contribution is -2.37. The smallest absolute Gasteiger partial charge is 0.173 e. The number of hydrogen-bond acceptors (Lipinski definition) is 5. The van der Waals surface area contributed by atoms with Gasteiger partial charge < -0.3 is 20.8 Å². The molecule has 6 heteroatoms. The fraction of sp³-hybridized carbons (Fsp3) is 0.500. The van der Waals surface area contributed by atoms with Crippen LogP contribution in [0, 0.1) is 0 Å². The number of likely N-dealkylation sites (tertiary alicyclic amines) is 1. The Kier molecular flexibility index (Phi) is 4.81. The topological polar surface area (TPSA) is 91.3 Å². The van der Waals surface area contributed by atoms with E-state index < -0.39 is 0 Å². The highest BCUT2D eigenvalue weighted by molar-refractivity contribution is 5.99. The minimum absolute atomic E-state index is 0.0300. The van der Waals surface area contributed by atoms with E-state index in [0.717, 1.165) is 31.5 Å². The molecule has 1 aromatic rings. The molecule has 0 aromatic heterocycles. The summed E-state index contributed by atoms with van der Waals surface area (Å²) in [6.07, 6.45) is 1.63. The number of aliphatic hydroxyl groups is 1. The van der Waals surface area contributed by atoms with Crippen LogP contribution in [0.4, 0.5) is 0 Å². The average molecular weight is 279 g/mol. The van der Waals surface area contributed by atoms with Crippen LogP contribution < -0.4 is 10.5 Å². The second-order valence-electron chi connectivity index (χ2n) is 5.05. The molecule has 1 saturated heterocycles. The van der Waals surface area contributed by atoms with Gasteiger partial charge in [0.2, 0.25) is 0 Å². The molecule has 0 spiro atoms. The number of oxime groups is 1. The zero-order valence-electron chi connectivity index (χ0n) is 11.6. The van der Waals surface area contributed by atoms with Crippen molar-refractivity contribution in [2.75, 3.05) is 20.2 Å². The van der Waals surface area contributed by atoms with Gasteiger partial charge >= 0.3 is 0 Å². The number of nitrogens with zero attached hydrogens (tertiary/aromatic N) is 2. The summed E-state index contributed by atoms with van der Waals surface area (Å²) in [7, 11) is 1.55. The SMILES string of the molecule is COc1ccc(CN2CCCC(O)C2)cc1C(N)=NO. The average Bonchev–Trinajstić information content (AvgIpc) is 2.46. The summed E-state index contributed by atoms with van der Waals surface area (Å²) in [5, 5.41) is 21.5. The van der Waals surface area contributed by atoms with Gasteiger partial charge in [-0.1, -0.05) is 11.2 Å². The molecule has 0 bridgehead atoms. The number of benzene rings is 1. The first-order chi connectivity index (χ1) is 9.63. The minimum Gasteiger partial charge on any atom is -0.496 e. The molecular weight excluding hydrogens is 258 g/mol. The van der Waals surface area contributed by atoms with Gasteiger partial charge in [0.05, 0.1) is 18.8 Å². The van der Waals surface area contributed by atoms with Crippen molar-refractivity contribution in [3.63, 3.8) is 0 Å². The van der Waals surface area contributed by atoms with E-state index in [-0.39, 0.29) is 11.9 Å². The lowest BCUT2D eigenvalue weighted by molar-refractivity contribution is 0.0668. The normalized spacial score (nSPS) is 20.9. The Morgan fingerprint density at radius 1 is 1.55 bits per heavy atom. The Morgan fingerprint density at radius 2 is 2.35 bits per heavy atom. The Bertz CT molecular complexity index is 491. The van der Waals surface area contributed by atoms with Crippen LogP contribution in [0.25, 0.3) is 0 Å². The molecule has 1 aliphatic rings. The fourth-order valence-electron chi connectivity index (χ4n) is 2.54. The molecule has 6 nitrogen and oxygen atoms in total. The second-order valence-corrected chi connectivity index (χ2v) is 5.05. The van der Waals surface area contributed by atoms with Crippen LogP contribution in [0.15, 0.2) is 23.4 Å². The molecular formula is C14H21N3O3. The summed E-state index contributed by atoms with van der Waals surface area (Å²) in [6, 6.07) is 5.62. The monoisotopic (exact) mass is 279 g/mol. The molecule has 0 radical (unpaired) electrons. The first-order valence-corrected chi connectivity index (χ1v) is 6.69. The molecule has 1 atom stereocenters. The van der Waals surface area contributed by atoms with Gasteiger partial charge in [0.1, 0.15) is 5.75 Å². The minimum atomic E-state index is -0.245. The molecule has 1 aromatic carbocycles. The predicted octanol–water partition coefficient (Wildman–Crippen LogP) is 0.746. The third kappa shape index (κ3) is 3.40. The maximum atomic E-state index is 9.69. The van der Waals surface area contributed by atoms with Crippen LogP contribution in [-0.4, -0.2) is 47.4 Å². The maximum absolute atomic E-state index is 9.69. The molecule has 2 rings (SSSR count). The van der Waals surface area contributed by atoms with Gasteiger partial charge in [0.15, 0.2) is 5.84 Å². The highest BCUT2D eigenvalue weighted by Crippen LogP contribution is 2.21. The highest BCUT2D eigenvalue weighted by Gasteiger charge is 2.18. The molecule has 0 aliphatic carbocycles. The highest BCUT2D eigenvalue weighted by atomic mass is 16.5. The van der Waals surface area contributed by atoms with Crippen molar-refractivity contribution in [1.29, 1.82) is 0 Å². The molecule has 110 valence electrons. The standard InChI is InChI=1S/C14H21N3O3/c1-20-13-5-4-10(7-12(13)14(15)16-19)8-17-6-2-3-11(18)9-17/h4-5,7,11,18-19H,2-3,6,8-9H2,1H3,(H2,15,16). The van der Waals surface area contributed by atoms with Crippen molar-refractivity contribution in [2.24, 2.45) is 10.9 Å². The van der Waals surface area contributed by atoms with Gasteiger partial charge in [0, 0.05) is 13.1 Å². The Labute approximate surface area is 118 Å². The van der Waals surface area contributed by atoms with Gasteiger partial charge in [-0.05, 0) is 37.1 Å². The van der Waals surface area contributed by atoms with Gasteiger partial charge in [-0.3, -0.25) is 4.90 Å². The summed E-state index contributed by atoms with van der Waals surface area (Å²) in [6.45, 7) is 2.39. The van der Waals surface area contributed by atoms with Crippen LogP contribution >= 0.6 is 0 Å². The van der Waals surface area contributed by atoms with Crippen molar-refractivity contribution in [3.05, 3.63) is 29.3 Å². The number of methoxy groups -OCH3 is 1. The third-order valence-corrected chi connectivity index (χ3v) is 3.53. The van der Waals surface area contributed by atoms with Crippen molar-refractivity contribution < 1.29 is 15.1 Å². The van der Waals surface area contributed by atoms with Crippen molar-refractivity contribution in [3.8, 4) is 5.75 Å². The molecule has 1 unspecified atom stereocenters. The van der Waals surface area contributed by atoms with E-state index in [1.54, 1.807) is 7.11 Å². The van der Waals surface area contributed by atoms with Crippen LogP contribution in [-0.2, 0) is 6.54 Å². The summed E-state index contributed by atoms with van der Waals surface area (Å²) in [5.41, 5.74) is 7.28. The van der Waals surface area contributed by atoms with Crippen LogP contribution in [0.1, 0.15) is 24.0 Å². The molecule has 1 heterocycles. The van der Waals surface area contributed by atoms with Gasteiger partial charge in [0.25, 0.3) is 0 Å². The number of β-amino-alcohol motifs (C(OH)–C–C–N with tert-alkyl or cyclic N) is 1. The molecule has 0 amide bonds. The summed E-state index contributed by atoms with van der Waals surface area (Å²) in [5.74, 6) is 0.602. The summed E-state index contributed by atoms with van der Waals surface area (Å²) < 4.78 is 5.20. The number of nitrogens with two attached hydrogens (primary N) is 1. The van der Waals surface area contributed by atoms with E-state index in [2.05, 4.69) is 10.1 Å². The van der Waals surface area contributed by atoms with Crippen molar-refractivity contribution >= 4 is 5.84 Å². The molecule has 1 aliphatic heterocycles. The molecule has 20 heavy (non-hydrogen) atoms. The maximum Gasteiger partial charge on any atom is 0.173 e. The molecule has 4 N–H and O–H groups in total. The predicted molar refractivity (Wildman–Crippen MR) is 76.0 cm³/mol. The van der Waals surface area contributed by atoms with E-state index in [4.69, 9.17) is 15.7 Å². The fourth-order valence-corrected chi connectivity index (χ4v) is 2.54. The van der Waals surface area contributed by atoms with Gasteiger partial charge in [-0.25, -0.2) is 0 Å². The first kappa shape index (κ1) is 14.6. The Morgan fingerprint density at radius 3 is 3.00 bits per heavy atom. The third-order valence-electron chi connectivity index (χ3n) is 3.53. The lowest BCUT2D eigenvalue weighted by Gasteiger charge is -2.30. The number of piperidine rings is 1. The largest absolute Gasteiger partial charge is 0.496 e. The van der Waals surface area contributed by atoms with Crippen LogP contribution in [0.2, 0.25) is 0 Å². The van der Waals surface area contributed by atoms with E-state index in [9.17, 15) is 5.11 Å². The second kappa shape index (κ2) is 6.58. The summed E-state index contributed by atoms with van der Waals surface area (Å²) >= 11 is 0. The lowest BCUT2D eigenvalue weighted by atomic mass is 10.1. The van der Waals surface area contributed by atoms with E-state index in [1.807, 2.05) is 18.2 Å². The Balaban J connectivity index is 2.16. The number of hydrogen-bond donors (Lipinski definition) is 3. The van der Waals surface area contributed by atoms with Crippen molar-refractivity contribution in [1.82, 2.24) is 4.90 Å². The van der Waals surface area contributed by atoms with Crippen molar-refractivity contribution in [2.45, 2.75) is 25.5 Å². The zero-order valence-corrected chi connectivity index (χ0v) is 11.6. The number of rotatable bonds is 4. The number of aliphatic hydroxyl groups excluding tert-OH is 1. The van der Waals surface area contributed by atoms with Gasteiger partial charge in [-0.15, -0.1) is 0 Å². The molecule has 1 fully saturated rings. The van der Waals surface area contributed by atoms with E-state index in [0.29, 0.717) is 17.9 Å². The first-order valence-electron chi connectivity index (χ1n) is 6.69. The van der Waals surface area contributed by atoms with Crippen LogP contribution in [0.5, 0.6) is 5.75 Å². The van der Waals surface area contributed by atoms with E-state index >= 15 is 0 Å². The zero-order chi connectivity index (χ0) is 14.5. The van der Waals surface area contributed by atoms with Gasteiger partial charge in [-0.2, -0.15) is 0 Å². The van der Waals surface area contributed by atoms with Crippen LogP contribution in [0.3, 0.4) is 0 Å². The van der Waals surface area contributed by atoms with E-state index in [1.165, 1.54) is 0 Å². The number of ether oxygens (including phenoxy) is 1. The number of amidine groups is 1. The summed E-state index contributed by atoms with van der Waals surface area (Å²) in [4.78, 5) is 2.20. The quantitative estimate of drug-likeness (QED) is 0.327.